The molecule has 0 aromatic carbocycles. The van der Waals surface area contributed by atoms with Crippen LogP contribution in [-0.2, 0) is 9.59 Å². The van der Waals surface area contributed by atoms with Crippen LogP contribution >= 0.6 is 0 Å². The number of carbonyl (C=O) groups excluding carboxylic acids is 2. The molecular formula is C10H14N2O2Se. The Bertz CT molecular complexity index is 373. The van der Waals surface area contributed by atoms with Crippen molar-refractivity contribution in [2.75, 3.05) is 10.6 Å². The molecule has 0 aliphatic heterocycles. The summed E-state index contributed by atoms with van der Waals surface area (Å²) in [6, 6.07) is 0. The molecule has 82 valence electrons. The fraction of sp³-hybridized carbons (Fsp3) is 0.400. The van der Waals surface area contributed by atoms with Crippen LogP contribution in [0.1, 0.15) is 22.7 Å². The molecule has 2 amide bonds. The van der Waals surface area contributed by atoms with Crippen LogP contribution in [-0.4, -0.2) is 26.3 Å². The van der Waals surface area contributed by atoms with Crippen LogP contribution in [0.2, 0.25) is 0 Å². The van der Waals surface area contributed by atoms with Crippen LogP contribution in [0.25, 0.3) is 0 Å². The molecule has 15 heavy (non-hydrogen) atoms. The van der Waals surface area contributed by atoms with E-state index in [1.54, 1.807) is 0 Å². The van der Waals surface area contributed by atoms with Gasteiger partial charge in [0.25, 0.3) is 0 Å². The van der Waals surface area contributed by atoms with Gasteiger partial charge in [0.1, 0.15) is 0 Å². The van der Waals surface area contributed by atoms with Crippen molar-refractivity contribution in [1.82, 2.24) is 0 Å². The molecule has 0 saturated heterocycles. The molecular weight excluding hydrogens is 259 g/mol. The maximum atomic E-state index is 11.0. The molecule has 0 atom stereocenters. The van der Waals surface area contributed by atoms with Crippen LogP contribution in [0.4, 0.5) is 11.4 Å². The van der Waals surface area contributed by atoms with E-state index in [2.05, 4.69) is 10.6 Å². The van der Waals surface area contributed by atoms with Crippen LogP contribution in [0.3, 0.4) is 0 Å². The van der Waals surface area contributed by atoms with Crippen LogP contribution in [0.5, 0.6) is 0 Å². The molecule has 0 fully saturated rings. The van der Waals surface area contributed by atoms with E-state index in [-0.39, 0.29) is 26.3 Å². The average Bonchev–Trinajstić information content (AvgIpc) is 2.30. The molecule has 1 rings (SSSR count). The van der Waals surface area contributed by atoms with Gasteiger partial charge in [0.15, 0.2) is 0 Å². The SMILES string of the molecule is CC(=O)Nc1c(C)[se]c(C)c1NC(C)=O. The summed E-state index contributed by atoms with van der Waals surface area (Å²) < 4.78 is 2.28. The van der Waals surface area contributed by atoms with E-state index in [4.69, 9.17) is 0 Å². The summed E-state index contributed by atoms with van der Waals surface area (Å²) in [5.74, 6) is -0.226. The zero-order valence-electron chi connectivity index (χ0n) is 9.22. The summed E-state index contributed by atoms with van der Waals surface area (Å²) >= 11 is 0.232. The summed E-state index contributed by atoms with van der Waals surface area (Å²) in [7, 11) is 0. The first-order chi connectivity index (χ1) is 6.91. The predicted molar refractivity (Wildman–Crippen MR) is 61.5 cm³/mol. The number of amides is 2. The number of nitrogens with one attached hydrogen (secondary N) is 2. The molecule has 1 aromatic rings. The topological polar surface area (TPSA) is 58.2 Å². The minimum absolute atomic E-state index is 0.113. The van der Waals surface area contributed by atoms with Crippen LogP contribution in [0, 0.1) is 13.8 Å². The van der Waals surface area contributed by atoms with E-state index in [9.17, 15) is 9.59 Å². The van der Waals surface area contributed by atoms with Gasteiger partial charge in [-0.2, -0.15) is 0 Å². The molecule has 0 aliphatic carbocycles. The van der Waals surface area contributed by atoms with Gasteiger partial charge >= 0.3 is 94.5 Å². The Kier molecular flexibility index (Phi) is 3.71. The van der Waals surface area contributed by atoms with Crippen molar-refractivity contribution < 1.29 is 9.59 Å². The summed E-state index contributed by atoms with van der Waals surface area (Å²) in [6.07, 6.45) is 0. The molecule has 5 heteroatoms. The summed E-state index contributed by atoms with van der Waals surface area (Å²) in [4.78, 5) is 22.0. The van der Waals surface area contributed by atoms with Gasteiger partial charge in [-0.05, 0) is 0 Å². The van der Waals surface area contributed by atoms with Gasteiger partial charge in [0.2, 0.25) is 0 Å². The number of carbonyl (C=O) groups is 2. The van der Waals surface area contributed by atoms with Gasteiger partial charge in [0.05, 0.1) is 0 Å². The minimum atomic E-state index is -0.113. The molecule has 0 radical (unpaired) electrons. The Morgan fingerprint density at radius 1 is 0.933 bits per heavy atom. The summed E-state index contributed by atoms with van der Waals surface area (Å²) in [6.45, 7) is 6.88. The average molecular weight is 273 g/mol. The van der Waals surface area contributed by atoms with Gasteiger partial charge in [-0.3, -0.25) is 0 Å². The van der Waals surface area contributed by atoms with Crippen molar-refractivity contribution in [1.29, 1.82) is 0 Å². The van der Waals surface area contributed by atoms with Crippen molar-refractivity contribution in [3.8, 4) is 0 Å². The number of aryl methyl sites for hydroxylation is 2. The third kappa shape index (κ3) is 2.94. The molecule has 2 N–H and O–H groups in total. The van der Waals surface area contributed by atoms with E-state index in [1.807, 2.05) is 13.8 Å². The van der Waals surface area contributed by atoms with Crippen molar-refractivity contribution in [2.45, 2.75) is 27.7 Å². The van der Waals surface area contributed by atoms with E-state index >= 15 is 0 Å². The number of hydrogen-bond donors (Lipinski definition) is 2. The zero-order chi connectivity index (χ0) is 11.6. The van der Waals surface area contributed by atoms with Crippen molar-refractivity contribution in [2.24, 2.45) is 0 Å². The standard InChI is InChI=1S/C10H14N2O2Se/c1-5-9(11-7(3)13)10(6(2)15-5)12-8(4)14/h1-4H3,(H,11,13)(H,12,14). The Labute approximate surface area is 94.8 Å². The monoisotopic (exact) mass is 274 g/mol. The Morgan fingerprint density at radius 2 is 1.27 bits per heavy atom. The fourth-order valence-electron chi connectivity index (χ4n) is 1.34. The molecule has 1 aromatic heterocycles. The molecule has 0 saturated carbocycles. The van der Waals surface area contributed by atoms with E-state index in [0.717, 1.165) is 20.2 Å². The molecule has 0 spiro atoms. The van der Waals surface area contributed by atoms with Crippen molar-refractivity contribution in [3.63, 3.8) is 0 Å². The predicted octanol–water partition coefficient (Wildman–Crippen LogP) is 1.28. The van der Waals surface area contributed by atoms with E-state index in [0.29, 0.717) is 0 Å². The molecule has 0 unspecified atom stereocenters. The Hall–Kier alpha value is -1.06. The Balaban J connectivity index is 3.10. The van der Waals surface area contributed by atoms with Crippen molar-refractivity contribution in [3.05, 3.63) is 8.87 Å². The van der Waals surface area contributed by atoms with Gasteiger partial charge in [-0.1, -0.05) is 0 Å². The first-order valence-corrected chi connectivity index (χ1v) is 6.28. The molecule has 1 heterocycles. The van der Waals surface area contributed by atoms with Crippen molar-refractivity contribution >= 4 is 37.7 Å². The zero-order valence-corrected chi connectivity index (χ0v) is 10.9. The second kappa shape index (κ2) is 4.64. The third-order valence-electron chi connectivity index (χ3n) is 1.86. The number of hydrogen-bond acceptors (Lipinski definition) is 2. The van der Waals surface area contributed by atoms with Crippen LogP contribution in [0.15, 0.2) is 0 Å². The fourth-order valence-corrected chi connectivity index (χ4v) is 3.37. The Morgan fingerprint density at radius 3 is 1.53 bits per heavy atom. The van der Waals surface area contributed by atoms with Gasteiger partial charge < -0.3 is 0 Å². The number of anilines is 2. The van der Waals surface area contributed by atoms with Gasteiger partial charge in [0, 0.05) is 0 Å². The van der Waals surface area contributed by atoms with Crippen LogP contribution < -0.4 is 10.6 Å². The third-order valence-corrected chi connectivity index (χ3v) is 4.00. The van der Waals surface area contributed by atoms with E-state index in [1.165, 1.54) is 13.8 Å². The van der Waals surface area contributed by atoms with E-state index < -0.39 is 0 Å². The number of rotatable bonds is 2. The normalized spacial score (nSPS) is 9.87. The van der Waals surface area contributed by atoms with Gasteiger partial charge in [-0.15, -0.1) is 0 Å². The molecule has 0 bridgehead atoms. The maximum absolute atomic E-state index is 11.0. The van der Waals surface area contributed by atoms with Gasteiger partial charge in [-0.25, -0.2) is 0 Å². The first-order valence-electron chi connectivity index (χ1n) is 4.57. The molecule has 0 aliphatic rings. The summed E-state index contributed by atoms with van der Waals surface area (Å²) in [5.41, 5.74) is 1.55. The quantitative estimate of drug-likeness (QED) is 0.797. The first kappa shape index (κ1) is 12.0. The molecule has 4 nitrogen and oxygen atoms in total. The summed E-state index contributed by atoms with van der Waals surface area (Å²) in [5, 5.41) is 5.52. The second-order valence-corrected chi connectivity index (χ2v) is 6.32. The second-order valence-electron chi connectivity index (χ2n) is 3.33.